The molecule has 8 heteroatoms. The lowest BCUT2D eigenvalue weighted by Gasteiger charge is -2.19. The molecule has 0 radical (unpaired) electrons. The van der Waals surface area contributed by atoms with Gasteiger partial charge in [-0.25, -0.2) is 4.79 Å². The highest BCUT2D eigenvalue weighted by molar-refractivity contribution is 7.80. The molecule has 3 N–H and O–H groups in total. The van der Waals surface area contributed by atoms with Gasteiger partial charge in [0.25, 0.3) is 5.91 Å². The zero-order valence-corrected chi connectivity index (χ0v) is 17.5. The number of ether oxygens (including phenoxy) is 1. The molecule has 0 unspecified atom stereocenters. The Morgan fingerprint density at radius 2 is 1.62 bits per heavy atom. The summed E-state index contributed by atoms with van der Waals surface area (Å²) in [5, 5.41) is 7.91. The molecule has 2 aromatic rings. The lowest BCUT2D eigenvalue weighted by atomic mass is 10.1. The Morgan fingerprint density at radius 1 is 0.966 bits per heavy atom. The van der Waals surface area contributed by atoms with Crippen molar-refractivity contribution in [3.63, 3.8) is 0 Å². The van der Waals surface area contributed by atoms with Crippen molar-refractivity contribution in [3.8, 4) is 0 Å². The highest BCUT2D eigenvalue weighted by atomic mass is 32.1. The fraction of sp³-hybridized carbons (Fsp3) is 0.286. The maximum absolute atomic E-state index is 12.3. The van der Waals surface area contributed by atoms with Gasteiger partial charge in [0.15, 0.2) is 0 Å². The van der Waals surface area contributed by atoms with Gasteiger partial charge in [0.05, 0.1) is 5.56 Å². The number of hydrogen-bond acceptors (Lipinski definition) is 5. The van der Waals surface area contributed by atoms with Crippen LogP contribution >= 0.6 is 12.6 Å². The Hall–Kier alpha value is -3.00. The zero-order valence-electron chi connectivity index (χ0n) is 16.6. The fourth-order valence-electron chi connectivity index (χ4n) is 2.30. The number of benzene rings is 2. The molecule has 0 fully saturated rings. The van der Waals surface area contributed by atoms with Gasteiger partial charge >= 0.3 is 6.09 Å². The third kappa shape index (κ3) is 7.87. The second-order valence-electron chi connectivity index (χ2n) is 7.30. The van der Waals surface area contributed by atoms with Crippen LogP contribution in [0.1, 0.15) is 36.7 Å². The van der Waals surface area contributed by atoms with Gasteiger partial charge in [0, 0.05) is 17.1 Å². The van der Waals surface area contributed by atoms with Crippen molar-refractivity contribution in [2.75, 3.05) is 11.9 Å². The third-order valence-electron chi connectivity index (χ3n) is 3.64. The molecule has 0 saturated heterocycles. The van der Waals surface area contributed by atoms with Gasteiger partial charge in [-0.2, -0.15) is 0 Å². The van der Waals surface area contributed by atoms with Crippen molar-refractivity contribution in [1.29, 1.82) is 0 Å². The first-order valence-corrected chi connectivity index (χ1v) is 9.50. The van der Waals surface area contributed by atoms with Crippen molar-refractivity contribution in [1.82, 2.24) is 10.6 Å². The standard InChI is InChI=1S/C21H25N3O4S/c1-21(2,3)28-20(27)23-13-18(25)22-12-14-8-10-15(11-9-14)24-19(26)16-6-4-5-7-17(16)29/h4-11,29H,12-13H2,1-3H3,(H,22,25)(H,23,27)(H,24,26). The van der Waals surface area contributed by atoms with Crippen LogP contribution in [-0.4, -0.2) is 30.1 Å². The predicted molar refractivity (Wildman–Crippen MR) is 114 cm³/mol. The first-order chi connectivity index (χ1) is 13.6. The molecule has 0 aliphatic carbocycles. The van der Waals surface area contributed by atoms with Crippen molar-refractivity contribution in [2.45, 2.75) is 37.8 Å². The maximum atomic E-state index is 12.3. The molecule has 0 aromatic heterocycles. The molecule has 0 heterocycles. The fourth-order valence-corrected chi connectivity index (χ4v) is 2.56. The average Bonchev–Trinajstić information content (AvgIpc) is 2.64. The number of thiol groups is 1. The van der Waals surface area contributed by atoms with E-state index < -0.39 is 11.7 Å². The summed E-state index contributed by atoms with van der Waals surface area (Å²) < 4.78 is 5.07. The first-order valence-electron chi connectivity index (χ1n) is 9.06. The largest absolute Gasteiger partial charge is 0.444 e. The molecule has 154 valence electrons. The lowest BCUT2D eigenvalue weighted by molar-refractivity contribution is -0.120. The number of amides is 3. The normalized spacial score (nSPS) is 10.8. The van der Waals surface area contributed by atoms with Gasteiger partial charge in [-0.15, -0.1) is 12.6 Å². The smallest absolute Gasteiger partial charge is 0.408 e. The Kier molecular flexibility index (Phi) is 7.67. The Bertz CT molecular complexity index is 876. The minimum atomic E-state index is -0.643. The average molecular weight is 416 g/mol. The van der Waals surface area contributed by atoms with Crippen LogP contribution in [0.15, 0.2) is 53.4 Å². The van der Waals surface area contributed by atoms with Crippen LogP contribution in [-0.2, 0) is 16.1 Å². The van der Waals surface area contributed by atoms with E-state index in [9.17, 15) is 14.4 Å². The molecule has 0 aliphatic rings. The quantitative estimate of drug-likeness (QED) is 0.544. The van der Waals surface area contributed by atoms with Crippen LogP contribution in [0, 0.1) is 0 Å². The summed E-state index contributed by atoms with van der Waals surface area (Å²) in [6.07, 6.45) is -0.643. The van der Waals surface area contributed by atoms with Gasteiger partial charge in [0.2, 0.25) is 5.91 Å². The van der Waals surface area contributed by atoms with Crippen LogP contribution in [0.4, 0.5) is 10.5 Å². The van der Waals surface area contributed by atoms with Crippen LogP contribution in [0.5, 0.6) is 0 Å². The highest BCUT2D eigenvalue weighted by Crippen LogP contribution is 2.16. The number of hydrogen-bond donors (Lipinski definition) is 4. The molecule has 29 heavy (non-hydrogen) atoms. The molecule has 0 bridgehead atoms. The highest BCUT2D eigenvalue weighted by Gasteiger charge is 2.16. The van der Waals surface area contributed by atoms with E-state index in [-0.39, 0.29) is 18.4 Å². The summed E-state index contributed by atoms with van der Waals surface area (Å²) in [5.41, 5.74) is 1.35. The maximum Gasteiger partial charge on any atom is 0.408 e. The van der Waals surface area contributed by atoms with Crippen LogP contribution in [0.3, 0.4) is 0 Å². The summed E-state index contributed by atoms with van der Waals surface area (Å²) in [5.74, 6) is -0.580. The summed E-state index contributed by atoms with van der Waals surface area (Å²) in [6, 6.07) is 14.1. The van der Waals surface area contributed by atoms with E-state index in [0.29, 0.717) is 22.7 Å². The zero-order chi connectivity index (χ0) is 21.4. The summed E-state index contributed by atoms with van der Waals surface area (Å²) in [4.78, 5) is 36.3. The first kappa shape index (κ1) is 22.3. The number of carbonyl (C=O) groups excluding carboxylic acids is 3. The molecular weight excluding hydrogens is 390 g/mol. The number of alkyl carbamates (subject to hydrolysis) is 1. The second kappa shape index (κ2) is 9.97. The SMILES string of the molecule is CC(C)(C)OC(=O)NCC(=O)NCc1ccc(NC(=O)c2ccccc2S)cc1. The van der Waals surface area contributed by atoms with E-state index >= 15 is 0 Å². The van der Waals surface area contributed by atoms with Crippen molar-refractivity contribution in [3.05, 3.63) is 59.7 Å². The number of carbonyl (C=O) groups is 3. The van der Waals surface area contributed by atoms with Gasteiger partial charge in [-0.05, 0) is 50.6 Å². The summed E-state index contributed by atoms with van der Waals surface area (Å²) >= 11 is 4.28. The monoisotopic (exact) mass is 415 g/mol. The van der Waals surface area contributed by atoms with E-state index in [1.54, 1.807) is 63.2 Å². The minimum Gasteiger partial charge on any atom is -0.444 e. The van der Waals surface area contributed by atoms with Gasteiger partial charge in [0.1, 0.15) is 12.1 Å². The van der Waals surface area contributed by atoms with Gasteiger partial charge in [-0.3, -0.25) is 9.59 Å². The lowest BCUT2D eigenvalue weighted by Crippen LogP contribution is -2.39. The predicted octanol–water partition coefficient (Wildman–Crippen LogP) is 3.37. The molecule has 0 aliphatic heterocycles. The molecule has 0 saturated carbocycles. The Balaban J connectivity index is 1.79. The topological polar surface area (TPSA) is 96.5 Å². The second-order valence-corrected chi connectivity index (χ2v) is 7.78. The van der Waals surface area contributed by atoms with Crippen molar-refractivity contribution in [2.24, 2.45) is 0 Å². The summed E-state index contributed by atoms with van der Waals surface area (Å²) in [7, 11) is 0. The van der Waals surface area contributed by atoms with E-state index in [1.165, 1.54) is 0 Å². The summed E-state index contributed by atoms with van der Waals surface area (Å²) in [6.45, 7) is 5.36. The van der Waals surface area contributed by atoms with Crippen molar-refractivity contribution >= 4 is 36.2 Å². The molecule has 2 aromatic carbocycles. The molecule has 0 atom stereocenters. The van der Waals surface area contributed by atoms with E-state index in [0.717, 1.165) is 5.56 Å². The Labute approximate surface area is 175 Å². The molecule has 3 amide bonds. The van der Waals surface area contributed by atoms with Crippen LogP contribution < -0.4 is 16.0 Å². The molecular formula is C21H25N3O4S. The Morgan fingerprint density at radius 3 is 2.24 bits per heavy atom. The van der Waals surface area contributed by atoms with E-state index in [4.69, 9.17) is 4.74 Å². The van der Waals surface area contributed by atoms with Gasteiger partial charge in [-0.1, -0.05) is 24.3 Å². The van der Waals surface area contributed by atoms with Crippen LogP contribution in [0.25, 0.3) is 0 Å². The third-order valence-corrected chi connectivity index (χ3v) is 4.03. The molecule has 7 nitrogen and oxygen atoms in total. The van der Waals surface area contributed by atoms with E-state index in [2.05, 4.69) is 28.6 Å². The van der Waals surface area contributed by atoms with E-state index in [1.807, 2.05) is 6.07 Å². The van der Waals surface area contributed by atoms with Crippen LogP contribution in [0.2, 0.25) is 0 Å². The minimum absolute atomic E-state index is 0.174. The number of nitrogens with one attached hydrogen (secondary N) is 3. The molecule has 2 rings (SSSR count). The molecule has 0 spiro atoms. The van der Waals surface area contributed by atoms with Crippen molar-refractivity contribution < 1.29 is 19.1 Å². The number of rotatable bonds is 6. The van der Waals surface area contributed by atoms with Gasteiger partial charge < -0.3 is 20.7 Å². The number of anilines is 1.